The number of carbonyl (C=O) groups excluding carboxylic acids is 2. The maximum atomic E-state index is 11.9. The second kappa shape index (κ2) is 6.48. The summed E-state index contributed by atoms with van der Waals surface area (Å²) in [6, 6.07) is 17.5. The van der Waals surface area contributed by atoms with E-state index in [0.717, 1.165) is 16.7 Å². The first-order chi connectivity index (χ1) is 11.5. The second-order valence-electron chi connectivity index (χ2n) is 6.85. The molecule has 24 heavy (non-hydrogen) atoms. The van der Waals surface area contributed by atoms with Crippen molar-refractivity contribution in [3.63, 3.8) is 0 Å². The Morgan fingerprint density at radius 2 is 1.71 bits per heavy atom. The average Bonchev–Trinajstić information content (AvgIpc) is 2.59. The first-order valence-corrected chi connectivity index (χ1v) is 8.06. The number of benzene rings is 2. The Bertz CT molecular complexity index is 735. The van der Waals surface area contributed by atoms with Crippen LogP contribution in [0.3, 0.4) is 0 Å². The van der Waals surface area contributed by atoms with E-state index in [4.69, 9.17) is 4.74 Å². The van der Waals surface area contributed by atoms with Gasteiger partial charge in [-0.15, -0.1) is 0 Å². The van der Waals surface area contributed by atoms with E-state index in [0.29, 0.717) is 6.42 Å². The van der Waals surface area contributed by atoms with Crippen LogP contribution in [-0.4, -0.2) is 17.9 Å². The molecule has 0 aromatic heterocycles. The minimum absolute atomic E-state index is 0.0594. The quantitative estimate of drug-likeness (QED) is 0.927. The van der Waals surface area contributed by atoms with E-state index in [2.05, 4.69) is 17.4 Å². The summed E-state index contributed by atoms with van der Waals surface area (Å²) >= 11 is 0. The van der Waals surface area contributed by atoms with Gasteiger partial charge in [-0.2, -0.15) is 0 Å². The third-order valence-electron chi connectivity index (χ3n) is 4.43. The second-order valence-corrected chi connectivity index (χ2v) is 6.85. The van der Waals surface area contributed by atoms with Crippen LogP contribution in [-0.2, 0) is 16.1 Å². The fraction of sp³-hybridized carbons (Fsp3) is 0.300. The molecule has 2 aromatic carbocycles. The predicted octanol–water partition coefficient (Wildman–Crippen LogP) is 3.95. The van der Waals surface area contributed by atoms with Gasteiger partial charge in [0.25, 0.3) is 0 Å². The van der Waals surface area contributed by atoms with Crippen molar-refractivity contribution in [2.24, 2.45) is 5.41 Å². The van der Waals surface area contributed by atoms with Gasteiger partial charge in [-0.05, 0) is 22.1 Å². The summed E-state index contributed by atoms with van der Waals surface area (Å²) in [7, 11) is 0. The van der Waals surface area contributed by atoms with E-state index in [1.54, 1.807) is 0 Å². The molecular weight excluding hydrogens is 302 g/mol. The van der Waals surface area contributed by atoms with Crippen molar-refractivity contribution in [3.8, 4) is 11.1 Å². The van der Waals surface area contributed by atoms with Gasteiger partial charge in [-0.25, -0.2) is 4.79 Å². The number of Topliss-reactive ketones (excluding diaryl/α,β-unsaturated/α-hetero) is 1. The molecule has 4 heteroatoms. The molecule has 0 radical (unpaired) electrons. The number of hydrogen-bond donors (Lipinski definition) is 1. The van der Waals surface area contributed by atoms with Crippen LogP contribution in [0.25, 0.3) is 11.1 Å². The molecule has 1 fully saturated rings. The monoisotopic (exact) mass is 323 g/mol. The van der Waals surface area contributed by atoms with E-state index >= 15 is 0 Å². The normalized spacial score (nSPS) is 18.6. The summed E-state index contributed by atoms with van der Waals surface area (Å²) in [5, 5.41) is 2.65. The number of ketones is 1. The van der Waals surface area contributed by atoms with Crippen molar-refractivity contribution in [2.45, 2.75) is 32.9 Å². The van der Waals surface area contributed by atoms with E-state index in [-0.39, 0.29) is 17.8 Å². The molecule has 0 heterocycles. The number of carbonyl (C=O) groups is 2. The Kier molecular flexibility index (Phi) is 4.38. The molecule has 1 aliphatic carbocycles. The Balaban J connectivity index is 1.53. The highest BCUT2D eigenvalue weighted by Crippen LogP contribution is 2.37. The molecule has 0 spiro atoms. The molecule has 3 rings (SSSR count). The Labute approximate surface area is 141 Å². The van der Waals surface area contributed by atoms with Crippen LogP contribution in [0.15, 0.2) is 54.6 Å². The van der Waals surface area contributed by atoms with Crippen LogP contribution >= 0.6 is 0 Å². The Morgan fingerprint density at radius 1 is 1.08 bits per heavy atom. The first kappa shape index (κ1) is 16.2. The highest BCUT2D eigenvalue weighted by Gasteiger charge is 2.47. The third-order valence-corrected chi connectivity index (χ3v) is 4.43. The van der Waals surface area contributed by atoms with Crippen molar-refractivity contribution in [1.29, 1.82) is 0 Å². The topological polar surface area (TPSA) is 55.4 Å². The Morgan fingerprint density at radius 3 is 2.29 bits per heavy atom. The van der Waals surface area contributed by atoms with Gasteiger partial charge in [-0.3, -0.25) is 4.79 Å². The fourth-order valence-electron chi connectivity index (χ4n) is 2.97. The summed E-state index contributed by atoms with van der Waals surface area (Å²) in [4.78, 5) is 23.4. The molecule has 1 saturated carbocycles. The summed E-state index contributed by atoms with van der Waals surface area (Å²) in [5.41, 5.74) is 2.98. The molecule has 1 aliphatic rings. The van der Waals surface area contributed by atoms with Crippen molar-refractivity contribution in [1.82, 2.24) is 5.32 Å². The molecule has 0 aliphatic heterocycles. The maximum Gasteiger partial charge on any atom is 0.408 e. The summed E-state index contributed by atoms with van der Waals surface area (Å²) in [6.45, 7) is 4.10. The van der Waals surface area contributed by atoms with Gasteiger partial charge >= 0.3 is 6.09 Å². The lowest BCUT2D eigenvalue weighted by molar-refractivity contribution is -0.135. The van der Waals surface area contributed by atoms with Gasteiger partial charge in [0.1, 0.15) is 6.61 Å². The zero-order chi connectivity index (χ0) is 17.2. The van der Waals surface area contributed by atoms with Crippen molar-refractivity contribution < 1.29 is 14.3 Å². The van der Waals surface area contributed by atoms with Crippen molar-refractivity contribution >= 4 is 11.9 Å². The van der Waals surface area contributed by atoms with E-state index < -0.39 is 12.1 Å². The standard InChI is InChI=1S/C20H21NO3/c1-20(2)12-17(22)18(20)21-19(23)24-13-14-8-10-16(11-9-14)15-6-4-3-5-7-15/h3-11,18H,12-13H2,1-2H3,(H,21,23)/t18-/m0/s1. The van der Waals surface area contributed by atoms with Gasteiger partial charge in [0.2, 0.25) is 0 Å². The molecule has 1 N–H and O–H groups in total. The van der Waals surface area contributed by atoms with E-state index in [1.165, 1.54) is 0 Å². The van der Waals surface area contributed by atoms with Crippen LogP contribution in [0.1, 0.15) is 25.8 Å². The van der Waals surface area contributed by atoms with Crippen LogP contribution in [0.2, 0.25) is 0 Å². The van der Waals surface area contributed by atoms with Crippen molar-refractivity contribution in [3.05, 3.63) is 60.2 Å². The zero-order valence-corrected chi connectivity index (χ0v) is 13.9. The number of rotatable bonds is 4. The largest absolute Gasteiger partial charge is 0.445 e. The number of amides is 1. The summed E-state index contributed by atoms with van der Waals surface area (Å²) in [6.07, 6.45) is -0.0490. The van der Waals surface area contributed by atoms with Crippen LogP contribution in [0.5, 0.6) is 0 Å². The lowest BCUT2D eigenvalue weighted by atomic mass is 9.66. The molecule has 0 saturated heterocycles. The fourth-order valence-corrected chi connectivity index (χ4v) is 2.97. The molecule has 2 aromatic rings. The highest BCUT2D eigenvalue weighted by atomic mass is 16.5. The van der Waals surface area contributed by atoms with Gasteiger partial charge in [0, 0.05) is 6.42 Å². The van der Waals surface area contributed by atoms with Crippen LogP contribution in [0.4, 0.5) is 4.79 Å². The lowest BCUT2D eigenvalue weighted by Crippen LogP contribution is -2.59. The smallest absolute Gasteiger partial charge is 0.408 e. The minimum atomic E-state index is -0.548. The minimum Gasteiger partial charge on any atom is -0.445 e. The summed E-state index contributed by atoms with van der Waals surface area (Å²) < 4.78 is 5.22. The lowest BCUT2D eigenvalue weighted by Gasteiger charge is -2.42. The molecular formula is C20H21NO3. The highest BCUT2D eigenvalue weighted by molar-refractivity contribution is 5.94. The summed E-state index contributed by atoms with van der Waals surface area (Å²) in [5.74, 6) is 0.0594. The molecule has 0 bridgehead atoms. The van der Waals surface area contributed by atoms with E-state index in [1.807, 2.05) is 56.3 Å². The number of ether oxygens (including phenoxy) is 1. The SMILES string of the molecule is CC1(C)CC(=O)[C@@H]1NC(=O)OCc1ccc(-c2ccccc2)cc1. The molecule has 4 nitrogen and oxygen atoms in total. The molecule has 1 amide bonds. The van der Waals surface area contributed by atoms with E-state index in [9.17, 15) is 9.59 Å². The molecule has 1 atom stereocenters. The van der Waals surface area contributed by atoms with Gasteiger partial charge < -0.3 is 10.1 Å². The van der Waals surface area contributed by atoms with Gasteiger partial charge in [0.05, 0.1) is 6.04 Å². The zero-order valence-electron chi connectivity index (χ0n) is 13.9. The van der Waals surface area contributed by atoms with Crippen LogP contribution < -0.4 is 5.32 Å². The van der Waals surface area contributed by atoms with Crippen molar-refractivity contribution in [2.75, 3.05) is 0 Å². The molecule has 0 unspecified atom stereocenters. The number of alkyl carbamates (subject to hydrolysis) is 1. The molecule has 124 valence electrons. The van der Waals surface area contributed by atoms with Crippen LogP contribution in [0, 0.1) is 5.41 Å². The predicted molar refractivity (Wildman–Crippen MR) is 92.4 cm³/mol. The average molecular weight is 323 g/mol. The first-order valence-electron chi connectivity index (χ1n) is 8.06. The van der Waals surface area contributed by atoms with Gasteiger partial charge in [-0.1, -0.05) is 68.4 Å². The number of hydrogen-bond acceptors (Lipinski definition) is 3. The Hall–Kier alpha value is -2.62. The maximum absolute atomic E-state index is 11.9. The third kappa shape index (κ3) is 3.48. The van der Waals surface area contributed by atoms with Gasteiger partial charge in [0.15, 0.2) is 5.78 Å². The number of nitrogens with one attached hydrogen (secondary N) is 1.